The highest BCUT2D eigenvalue weighted by Gasteiger charge is 2.22. The van der Waals surface area contributed by atoms with Crippen LogP contribution in [0.1, 0.15) is 232 Å². The lowest BCUT2D eigenvalue weighted by atomic mass is 10.0. The number of esters is 2. The molecule has 0 amide bonds. The fraction of sp³-hybridized carbons (Fsp3) is 0.703. The van der Waals surface area contributed by atoms with Crippen LogP contribution in [0.15, 0.2) is 97.2 Å². The molecule has 0 N–H and O–H groups in total. The number of carbonyl (C=O) groups excluding carboxylic acids is 3. The van der Waals surface area contributed by atoms with Crippen LogP contribution in [0, 0.1) is 0 Å². The Morgan fingerprint density at radius 1 is 0.425 bits per heavy atom. The van der Waals surface area contributed by atoms with Crippen LogP contribution in [0.25, 0.3) is 0 Å². The highest BCUT2D eigenvalue weighted by molar-refractivity contribution is 5.70. The summed E-state index contributed by atoms with van der Waals surface area (Å²) in [5.74, 6) is -2.30. The van der Waals surface area contributed by atoms with E-state index >= 15 is 0 Å². The first kappa shape index (κ1) is 69.2. The van der Waals surface area contributed by atoms with Gasteiger partial charge in [0.05, 0.1) is 40.3 Å². The van der Waals surface area contributed by atoms with Crippen LogP contribution in [0.4, 0.5) is 0 Å². The molecule has 0 aliphatic rings. The minimum absolute atomic E-state index is 0.141. The number of carbonyl (C=O) groups is 3. The lowest BCUT2D eigenvalue weighted by Gasteiger charge is -2.26. The number of hydrogen-bond acceptors (Lipinski definition) is 8. The number of carboxylic acid groups (broad SMARTS) is 1. The number of likely N-dealkylation sites (N-methyl/N-ethyl adjacent to an activating group) is 1. The average Bonchev–Trinajstić information content (AvgIpc) is 3.36. The van der Waals surface area contributed by atoms with Crippen LogP contribution >= 0.6 is 0 Å². The molecule has 0 saturated heterocycles. The topological polar surface area (TPSA) is 111 Å². The number of rotatable bonds is 53. The Balaban J connectivity index is 4.29. The quantitative estimate of drug-likeness (QED) is 0.0195. The first-order valence-corrected chi connectivity index (χ1v) is 29.4. The Morgan fingerprint density at radius 2 is 0.781 bits per heavy atom. The van der Waals surface area contributed by atoms with Crippen LogP contribution in [-0.2, 0) is 33.3 Å². The largest absolute Gasteiger partial charge is 0.545 e. The molecule has 0 heterocycles. The first-order valence-electron chi connectivity index (χ1n) is 29.4. The van der Waals surface area contributed by atoms with Crippen molar-refractivity contribution in [1.29, 1.82) is 0 Å². The van der Waals surface area contributed by atoms with Gasteiger partial charge in [-0.25, -0.2) is 0 Å². The molecule has 0 aliphatic heterocycles. The summed E-state index contributed by atoms with van der Waals surface area (Å²) in [6, 6.07) is 0. The molecular weight excluding hydrogens is 911 g/mol. The second-order valence-electron chi connectivity index (χ2n) is 20.6. The van der Waals surface area contributed by atoms with Gasteiger partial charge in [0, 0.05) is 12.8 Å². The fourth-order valence-electron chi connectivity index (χ4n) is 7.85. The van der Waals surface area contributed by atoms with Gasteiger partial charge in [0.2, 0.25) is 0 Å². The minimum Gasteiger partial charge on any atom is -0.545 e. The lowest BCUT2D eigenvalue weighted by molar-refractivity contribution is -0.870. The third-order valence-electron chi connectivity index (χ3n) is 12.3. The second-order valence-corrected chi connectivity index (χ2v) is 20.6. The van der Waals surface area contributed by atoms with E-state index in [0.717, 1.165) is 109 Å². The molecule has 2 atom stereocenters. The number of quaternary nitrogens is 1. The molecule has 0 aromatic carbocycles. The number of allylic oxidation sites excluding steroid dienone is 16. The SMILES string of the molecule is CC/C=C\C/C=C\C/C=C\C/C=C\C/C=C\C/C=C\C/C=C\C/C=C\CCCCCCCCC(=O)OC(COC(=O)CCCCCCCCCCCCCCCCCCC)COC(OCC[N+](C)(C)C)C(=O)[O-]. The maximum absolute atomic E-state index is 12.9. The summed E-state index contributed by atoms with van der Waals surface area (Å²) in [6.45, 7) is 4.62. The molecular formula is C64H109NO8. The van der Waals surface area contributed by atoms with Crippen LogP contribution in [0.2, 0.25) is 0 Å². The first-order chi connectivity index (χ1) is 35.6. The van der Waals surface area contributed by atoms with E-state index in [1.807, 2.05) is 21.1 Å². The normalized spacial score (nSPS) is 13.5. The van der Waals surface area contributed by atoms with Gasteiger partial charge in [-0.2, -0.15) is 0 Å². The lowest BCUT2D eigenvalue weighted by Crippen LogP contribution is -2.44. The fourth-order valence-corrected chi connectivity index (χ4v) is 7.85. The predicted octanol–water partition coefficient (Wildman–Crippen LogP) is 16.0. The zero-order valence-corrected chi connectivity index (χ0v) is 47.5. The highest BCUT2D eigenvalue weighted by atomic mass is 16.7. The summed E-state index contributed by atoms with van der Waals surface area (Å²) in [7, 11) is 5.91. The molecule has 0 spiro atoms. The van der Waals surface area contributed by atoms with Crippen molar-refractivity contribution in [3.63, 3.8) is 0 Å². The molecule has 418 valence electrons. The molecule has 0 aliphatic carbocycles. The van der Waals surface area contributed by atoms with Crippen molar-refractivity contribution in [2.24, 2.45) is 0 Å². The molecule has 73 heavy (non-hydrogen) atoms. The van der Waals surface area contributed by atoms with Crippen LogP contribution < -0.4 is 5.11 Å². The standard InChI is InChI=1S/C64H109NO8/c1-6-8-10-12-14-16-18-20-22-24-25-26-27-28-29-30-31-32-33-34-35-36-37-39-41-43-45-47-49-51-53-55-62(67)73-60(59-72-64(63(68)69)70-57-56-65(3,4)5)58-71-61(66)54-52-50-48-46-44-42-40-38-23-21-19-17-15-13-11-9-7-2/h8,10,14,16,20,22,25-26,28-29,31-32,34-35,37,39,60,64H,6-7,9,11-13,15,17-19,21,23-24,27,30,33,36,38,40-59H2,1-5H3/b10-8-,16-14-,22-20-,26-25-,29-28-,32-31-,35-34-,39-37-. The smallest absolute Gasteiger partial charge is 0.306 e. The van der Waals surface area contributed by atoms with Gasteiger partial charge in [0.1, 0.15) is 13.2 Å². The molecule has 9 nitrogen and oxygen atoms in total. The van der Waals surface area contributed by atoms with Gasteiger partial charge in [-0.3, -0.25) is 9.59 Å². The van der Waals surface area contributed by atoms with Crippen LogP contribution in [-0.4, -0.2) is 82.3 Å². The van der Waals surface area contributed by atoms with Crippen molar-refractivity contribution in [3.8, 4) is 0 Å². The van der Waals surface area contributed by atoms with E-state index in [1.54, 1.807) is 0 Å². The summed E-state index contributed by atoms with van der Waals surface area (Å²) in [5.41, 5.74) is 0. The monoisotopic (exact) mass is 1020 g/mol. The van der Waals surface area contributed by atoms with Gasteiger partial charge < -0.3 is 33.3 Å². The Hall–Kier alpha value is -3.79. The van der Waals surface area contributed by atoms with E-state index in [2.05, 4.69) is 111 Å². The summed E-state index contributed by atoms with van der Waals surface area (Å²) >= 11 is 0. The molecule has 0 aromatic heterocycles. The summed E-state index contributed by atoms with van der Waals surface area (Å²) in [4.78, 5) is 37.3. The second kappa shape index (κ2) is 54.5. The zero-order chi connectivity index (χ0) is 53.4. The van der Waals surface area contributed by atoms with E-state index in [1.165, 1.54) is 89.9 Å². The van der Waals surface area contributed by atoms with Crippen molar-refractivity contribution < 1.29 is 42.9 Å². The average molecular weight is 1020 g/mol. The Kier molecular flexibility index (Phi) is 51.6. The molecule has 0 radical (unpaired) electrons. The molecule has 0 bridgehead atoms. The van der Waals surface area contributed by atoms with Crippen molar-refractivity contribution in [2.45, 2.75) is 245 Å². The van der Waals surface area contributed by atoms with Gasteiger partial charge in [-0.05, 0) is 77.0 Å². The number of aliphatic carboxylic acids is 1. The van der Waals surface area contributed by atoms with Gasteiger partial charge in [-0.15, -0.1) is 0 Å². The third kappa shape index (κ3) is 55.8. The van der Waals surface area contributed by atoms with E-state index in [0.29, 0.717) is 17.4 Å². The van der Waals surface area contributed by atoms with E-state index in [9.17, 15) is 19.5 Å². The van der Waals surface area contributed by atoms with Crippen molar-refractivity contribution in [1.82, 2.24) is 0 Å². The van der Waals surface area contributed by atoms with Crippen molar-refractivity contribution >= 4 is 17.9 Å². The van der Waals surface area contributed by atoms with Crippen LogP contribution in [0.3, 0.4) is 0 Å². The van der Waals surface area contributed by atoms with Crippen LogP contribution in [0.5, 0.6) is 0 Å². The third-order valence-corrected chi connectivity index (χ3v) is 12.3. The molecule has 0 rings (SSSR count). The molecule has 9 heteroatoms. The Morgan fingerprint density at radius 3 is 1.16 bits per heavy atom. The zero-order valence-electron chi connectivity index (χ0n) is 47.5. The number of hydrogen-bond donors (Lipinski definition) is 0. The highest BCUT2D eigenvalue weighted by Crippen LogP contribution is 2.16. The minimum atomic E-state index is -1.63. The maximum atomic E-state index is 12.9. The number of nitrogens with zero attached hydrogens (tertiary/aromatic N) is 1. The van der Waals surface area contributed by atoms with Crippen molar-refractivity contribution in [2.75, 3.05) is 47.5 Å². The molecule has 0 aromatic rings. The number of carboxylic acids is 1. The molecule has 0 fully saturated rings. The summed E-state index contributed by atoms with van der Waals surface area (Å²) in [5, 5.41) is 11.8. The van der Waals surface area contributed by atoms with Gasteiger partial charge in [-0.1, -0.05) is 239 Å². The van der Waals surface area contributed by atoms with E-state index in [-0.39, 0.29) is 38.6 Å². The number of unbranched alkanes of at least 4 members (excludes halogenated alkanes) is 22. The van der Waals surface area contributed by atoms with Gasteiger partial charge >= 0.3 is 11.9 Å². The maximum Gasteiger partial charge on any atom is 0.306 e. The van der Waals surface area contributed by atoms with E-state index in [4.69, 9.17) is 18.9 Å². The van der Waals surface area contributed by atoms with Gasteiger partial charge in [0.15, 0.2) is 12.4 Å². The Labute approximate surface area is 448 Å². The molecule has 0 saturated carbocycles. The summed E-state index contributed by atoms with van der Waals surface area (Å²) < 4.78 is 22.7. The molecule has 2 unspecified atom stereocenters. The van der Waals surface area contributed by atoms with E-state index < -0.39 is 24.3 Å². The Bertz CT molecular complexity index is 1520. The van der Waals surface area contributed by atoms with Crippen molar-refractivity contribution in [3.05, 3.63) is 97.2 Å². The number of ether oxygens (including phenoxy) is 4. The predicted molar refractivity (Wildman–Crippen MR) is 306 cm³/mol. The van der Waals surface area contributed by atoms with Gasteiger partial charge in [0.25, 0.3) is 0 Å². The summed E-state index contributed by atoms with van der Waals surface area (Å²) in [6.07, 6.45) is 70.2.